The van der Waals surface area contributed by atoms with Crippen LogP contribution in [0.15, 0.2) is 45.9 Å². The second-order valence-corrected chi connectivity index (χ2v) is 5.12. The maximum atomic E-state index is 10.7. The number of phenols is 1. The molecular weight excluding hydrogens is 348 g/mol. The second-order valence-electron chi connectivity index (χ2n) is 3.86. The molecule has 102 valence electrons. The van der Waals surface area contributed by atoms with Gasteiger partial charge in [-0.3, -0.25) is 15.1 Å². The summed E-state index contributed by atoms with van der Waals surface area (Å²) in [5, 5.41) is 20.6. The van der Waals surface area contributed by atoms with Gasteiger partial charge in [-0.05, 0) is 51.8 Å². The zero-order valence-electron chi connectivity index (χ0n) is 9.96. The first kappa shape index (κ1) is 14.5. The summed E-state index contributed by atoms with van der Waals surface area (Å²) in [4.78, 5) is 14.2. The standard InChI is InChI=1S/C13H8BrClN2O3/c14-10-3-2-9(6-11(10)15)16-7-8-1-4-13(18)12(5-8)17(19)20/h1-7,18H. The van der Waals surface area contributed by atoms with E-state index < -0.39 is 4.92 Å². The molecule has 0 spiro atoms. The van der Waals surface area contributed by atoms with E-state index in [1.54, 1.807) is 18.2 Å². The highest BCUT2D eigenvalue weighted by atomic mass is 79.9. The molecule has 0 amide bonds. The lowest BCUT2D eigenvalue weighted by molar-refractivity contribution is -0.385. The van der Waals surface area contributed by atoms with E-state index in [1.807, 2.05) is 0 Å². The summed E-state index contributed by atoms with van der Waals surface area (Å²) in [5.74, 6) is -0.376. The van der Waals surface area contributed by atoms with Crippen molar-refractivity contribution in [1.82, 2.24) is 0 Å². The molecule has 1 N–H and O–H groups in total. The summed E-state index contributed by atoms with van der Waals surface area (Å²) in [6.45, 7) is 0. The van der Waals surface area contributed by atoms with Crippen molar-refractivity contribution < 1.29 is 10.0 Å². The van der Waals surface area contributed by atoms with Crippen molar-refractivity contribution in [3.05, 3.63) is 61.6 Å². The lowest BCUT2D eigenvalue weighted by Gasteiger charge is -1.99. The Morgan fingerprint density at radius 2 is 2.05 bits per heavy atom. The molecule has 0 saturated carbocycles. The van der Waals surface area contributed by atoms with Gasteiger partial charge in [-0.25, -0.2) is 0 Å². The van der Waals surface area contributed by atoms with Crippen molar-refractivity contribution in [3.63, 3.8) is 0 Å². The molecule has 0 bridgehead atoms. The lowest BCUT2D eigenvalue weighted by atomic mass is 10.2. The molecule has 7 heteroatoms. The first-order valence-electron chi connectivity index (χ1n) is 5.44. The van der Waals surface area contributed by atoms with Crippen LogP contribution in [-0.2, 0) is 0 Å². The highest BCUT2D eigenvalue weighted by molar-refractivity contribution is 9.10. The lowest BCUT2D eigenvalue weighted by Crippen LogP contribution is -1.90. The van der Waals surface area contributed by atoms with Crippen LogP contribution in [-0.4, -0.2) is 16.2 Å². The average molecular weight is 356 g/mol. The van der Waals surface area contributed by atoms with Gasteiger partial charge in [0.25, 0.3) is 0 Å². The molecular formula is C13H8BrClN2O3. The fourth-order valence-corrected chi connectivity index (χ4v) is 1.90. The topological polar surface area (TPSA) is 75.7 Å². The van der Waals surface area contributed by atoms with Gasteiger partial charge in [-0.15, -0.1) is 0 Å². The van der Waals surface area contributed by atoms with E-state index in [4.69, 9.17) is 11.6 Å². The van der Waals surface area contributed by atoms with Crippen molar-refractivity contribution in [1.29, 1.82) is 0 Å². The van der Waals surface area contributed by atoms with Gasteiger partial charge in [0, 0.05) is 16.8 Å². The van der Waals surface area contributed by atoms with Gasteiger partial charge in [0.05, 0.1) is 15.6 Å². The molecule has 0 atom stereocenters. The Bertz CT molecular complexity index is 704. The highest BCUT2D eigenvalue weighted by Gasteiger charge is 2.12. The minimum Gasteiger partial charge on any atom is -0.502 e. The second kappa shape index (κ2) is 6.02. The van der Waals surface area contributed by atoms with E-state index in [0.717, 1.165) is 4.47 Å². The summed E-state index contributed by atoms with van der Waals surface area (Å²) in [5.41, 5.74) is 0.769. The van der Waals surface area contributed by atoms with Crippen LogP contribution < -0.4 is 0 Å². The van der Waals surface area contributed by atoms with Gasteiger partial charge >= 0.3 is 5.69 Å². The van der Waals surface area contributed by atoms with E-state index in [-0.39, 0.29) is 11.4 Å². The number of nitro benzene ring substituents is 1. The molecule has 2 aromatic carbocycles. The van der Waals surface area contributed by atoms with Gasteiger partial charge in [0.1, 0.15) is 0 Å². The number of halogens is 2. The normalized spacial score (nSPS) is 10.9. The Hall–Kier alpha value is -1.92. The summed E-state index contributed by atoms with van der Waals surface area (Å²) >= 11 is 9.21. The number of nitro groups is 1. The smallest absolute Gasteiger partial charge is 0.311 e. The van der Waals surface area contributed by atoms with Crippen LogP contribution in [0.5, 0.6) is 5.75 Å². The van der Waals surface area contributed by atoms with Crippen LogP contribution in [0.1, 0.15) is 5.56 Å². The highest BCUT2D eigenvalue weighted by Crippen LogP contribution is 2.28. The average Bonchev–Trinajstić information content (AvgIpc) is 2.41. The van der Waals surface area contributed by atoms with Crippen LogP contribution in [0, 0.1) is 10.1 Å². The van der Waals surface area contributed by atoms with Crippen molar-refractivity contribution in [2.75, 3.05) is 0 Å². The number of benzene rings is 2. The molecule has 0 saturated heterocycles. The first-order valence-corrected chi connectivity index (χ1v) is 6.61. The zero-order chi connectivity index (χ0) is 14.7. The van der Waals surface area contributed by atoms with E-state index in [2.05, 4.69) is 20.9 Å². The predicted octanol–water partition coefficient (Wildman–Crippen LogP) is 4.47. The third-order valence-corrected chi connectivity index (χ3v) is 3.69. The van der Waals surface area contributed by atoms with E-state index >= 15 is 0 Å². The van der Waals surface area contributed by atoms with Crippen LogP contribution in [0.25, 0.3) is 0 Å². The molecule has 0 aromatic heterocycles. The Morgan fingerprint density at radius 1 is 1.30 bits per heavy atom. The molecule has 0 fully saturated rings. The van der Waals surface area contributed by atoms with Crippen LogP contribution >= 0.6 is 27.5 Å². The number of hydrogen-bond acceptors (Lipinski definition) is 4. The van der Waals surface area contributed by atoms with Crippen molar-refractivity contribution >= 4 is 45.1 Å². The Balaban J connectivity index is 2.29. The zero-order valence-corrected chi connectivity index (χ0v) is 12.3. The Morgan fingerprint density at radius 3 is 2.70 bits per heavy atom. The Kier molecular flexibility index (Phi) is 4.36. The van der Waals surface area contributed by atoms with Gasteiger partial charge < -0.3 is 5.11 Å². The fraction of sp³-hybridized carbons (Fsp3) is 0. The summed E-state index contributed by atoms with van der Waals surface area (Å²) in [6.07, 6.45) is 1.46. The molecule has 2 aromatic rings. The maximum Gasteiger partial charge on any atom is 0.311 e. The van der Waals surface area contributed by atoms with Gasteiger partial charge in [-0.2, -0.15) is 0 Å². The SMILES string of the molecule is O=[N+]([O-])c1cc(C=Nc2ccc(Br)c(Cl)c2)ccc1O. The molecule has 0 unspecified atom stereocenters. The van der Waals surface area contributed by atoms with Crippen LogP contribution in [0.4, 0.5) is 11.4 Å². The molecule has 0 radical (unpaired) electrons. The van der Waals surface area contributed by atoms with Gasteiger partial charge in [-0.1, -0.05) is 11.6 Å². The minimum atomic E-state index is -0.650. The summed E-state index contributed by atoms with van der Waals surface area (Å²) in [6, 6.07) is 9.21. The number of phenolic OH excluding ortho intramolecular Hbond substituents is 1. The number of rotatable bonds is 3. The van der Waals surface area contributed by atoms with Gasteiger partial charge in [0.2, 0.25) is 0 Å². The molecule has 5 nitrogen and oxygen atoms in total. The number of aromatic hydroxyl groups is 1. The minimum absolute atomic E-state index is 0.359. The van der Waals surface area contributed by atoms with Crippen molar-refractivity contribution in [3.8, 4) is 5.75 Å². The number of aliphatic imine (C=N–C) groups is 1. The molecule has 0 aliphatic rings. The molecule has 20 heavy (non-hydrogen) atoms. The molecule has 0 heterocycles. The summed E-state index contributed by atoms with van der Waals surface area (Å²) in [7, 11) is 0. The van der Waals surface area contributed by atoms with E-state index in [9.17, 15) is 15.2 Å². The van der Waals surface area contributed by atoms with Crippen molar-refractivity contribution in [2.24, 2.45) is 4.99 Å². The van der Waals surface area contributed by atoms with Crippen molar-refractivity contribution in [2.45, 2.75) is 0 Å². The quantitative estimate of drug-likeness (QED) is 0.501. The van der Waals surface area contributed by atoms with Crippen LogP contribution in [0.2, 0.25) is 5.02 Å². The third kappa shape index (κ3) is 3.34. The monoisotopic (exact) mass is 354 g/mol. The van der Waals surface area contributed by atoms with E-state index in [1.165, 1.54) is 24.4 Å². The third-order valence-electron chi connectivity index (χ3n) is 2.46. The predicted molar refractivity (Wildman–Crippen MR) is 81.2 cm³/mol. The van der Waals surface area contributed by atoms with Crippen LogP contribution in [0.3, 0.4) is 0 Å². The summed E-state index contributed by atoms with van der Waals surface area (Å²) < 4.78 is 0.762. The number of hydrogen-bond donors (Lipinski definition) is 1. The maximum absolute atomic E-state index is 10.7. The first-order chi connectivity index (χ1) is 9.47. The van der Waals surface area contributed by atoms with E-state index in [0.29, 0.717) is 16.3 Å². The molecule has 2 rings (SSSR count). The molecule has 0 aliphatic carbocycles. The largest absolute Gasteiger partial charge is 0.502 e. The number of nitrogens with zero attached hydrogens (tertiary/aromatic N) is 2. The fourth-order valence-electron chi connectivity index (χ4n) is 1.48. The Labute approximate surface area is 127 Å². The molecule has 0 aliphatic heterocycles. The van der Waals surface area contributed by atoms with Gasteiger partial charge in [0.15, 0.2) is 5.75 Å².